The molecule has 10 nitrogen and oxygen atoms in total. The summed E-state index contributed by atoms with van der Waals surface area (Å²) in [5, 5.41) is 5.35. The lowest BCUT2D eigenvalue weighted by Gasteiger charge is -2.57. The van der Waals surface area contributed by atoms with Crippen molar-refractivity contribution in [2.24, 2.45) is 16.7 Å². The van der Waals surface area contributed by atoms with Crippen molar-refractivity contribution in [3.63, 3.8) is 0 Å². The number of likely N-dealkylation sites (tertiary alicyclic amines) is 1. The molecule has 3 saturated heterocycles. The average molecular weight is 696 g/mol. The van der Waals surface area contributed by atoms with Gasteiger partial charge in [0.15, 0.2) is 0 Å². The minimum absolute atomic E-state index is 0.0114. The van der Waals surface area contributed by atoms with Gasteiger partial charge in [0.25, 0.3) is 17.7 Å². The maximum atomic E-state index is 15.0. The zero-order valence-corrected chi connectivity index (χ0v) is 29.8. The number of hydrogen-bond donors (Lipinski definition) is 2. The van der Waals surface area contributed by atoms with E-state index in [0.717, 1.165) is 68.9 Å². The van der Waals surface area contributed by atoms with Crippen LogP contribution in [0.4, 0.5) is 10.1 Å². The summed E-state index contributed by atoms with van der Waals surface area (Å²) >= 11 is 0. The number of rotatable bonds is 5. The third kappa shape index (κ3) is 6.66. The summed E-state index contributed by atoms with van der Waals surface area (Å²) in [6, 6.07) is 9.35. The Balaban J connectivity index is 0.895. The largest absolute Gasteiger partial charge is 0.371 e. The fourth-order valence-corrected chi connectivity index (χ4v) is 9.40. The summed E-state index contributed by atoms with van der Waals surface area (Å²) in [5.74, 6) is 3.78. The average Bonchev–Trinajstić information content (AvgIpc) is 3.34. The molecule has 2 N–H and O–H groups in total. The van der Waals surface area contributed by atoms with Gasteiger partial charge >= 0.3 is 0 Å². The summed E-state index contributed by atoms with van der Waals surface area (Å²) in [4.78, 5) is 69.0. The van der Waals surface area contributed by atoms with Gasteiger partial charge in [0.1, 0.15) is 11.9 Å². The van der Waals surface area contributed by atoms with Gasteiger partial charge in [0, 0.05) is 48.8 Å². The fourth-order valence-electron chi connectivity index (χ4n) is 9.40. The number of piperidine rings is 3. The van der Waals surface area contributed by atoms with Crippen LogP contribution in [0.5, 0.6) is 0 Å². The number of amides is 5. The lowest BCUT2D eigenvalue weighted by molar-refractivity contribution is -0.136. The fraction of sp³-hybridized carbons (Fsp3) is 0.525. The summed E-state index contributed by atoms with van der Waals surface area (Å²) in [7, 11) is 0. The second kappa shape index (κ2) is 13.2. The lowest BCUT2D eigenvalue weighted by Crippen LogP contribution is -2.63. The molecule has 4 heterocycles. The van der Waals surface area contributed by atoms with Crippen LogP contribution >= 0.6 is 0 Å². The number of fused-ring (bicyclic) bond motifs is 1. The zero-order chi connectivity index (χ0) is 36.2. The van der Waals surface area contributed by atoms with Crippen LogP contribution in [-0.4, -0.2) is 83.6 Å². The van der Waals surface area contributed by atoms with Crippen LogP contribution in [0.2, 0.25) is 0 Å². The maximum absolute atomic E-state index is 15.0. The Kier molecular flexibility index (Phi) is 9.03. The Morgan fingerprint density at radius 2 is 1.55 bits per heavy atom. The Hall–Kier alpha value is -4.56. The topological polar surface area (TPSA) is 119 Å². The molecule has 1 saturated carbocycles. The van der Waals surface area contributed by atoms with Gasteiger partial charge < -0.3 is 15.1 Å². The second-order valence-electron chi connectivity index (χ2n) is 16.2. The van der Waals surface area contributed by atoms with Gasteiger partial charge in [-0.1, -0.05) is 39.5 Å². The van der Waals surface area contributed by atoms with Crippen LogP contribution in [0.1, 0.15) is 109 Å². The molecule has 4 fully saturated rings. The van der Waals surface area contributed by atoms with Crippen LogP contribution < -0.4 is 15.5 Å². The number of benzene rings is 2. The van der Waals surface area contributed by atoms with E-state index in [2.05, 4.69) is 60.0 Å². The van der Waals surface area contributed by atoms with Crippen molar-refractivity contribution < 1.29 is 28.4 Å². The van der Waals surface area contributed by atoms with Crippen LogP contribution in [0.3, 0.4) is 0 Å². The second-order valence-corrected chi connectivity index (χ2v) is 16.2. The van der Waals surface area contributed by atoms with Crippen molar-refractivity contribution in [3.8, 4) is 11.8 Å². The molecular weight excluding hydrogens is 649 g/mol. The molecule has 2 aromatic carbocycles. The highest BCUT2D eigenvalue weighted by Gasteiger charge is 2.53. The molecule has 268 valence electrons. The predicted octanol–water partition coefficient (Wildman–Crippen LogP) is 4.51. The number of carbonyl (C=O) groups excluding carboxylic acids is 5. The summed E-state index contributed by atoms with van der Waals surface area (Å²) in [6.07, 6.45) is 4.98. The van der Waals surface area contributed by atoms with Crippen molar-refractivity contribution in [3.05, 3.63) is 64.5 Å². The number of carbonyl (C=O) groups is 5. The first-order chi connectivity index (χ1) is 24.2. The number of anilines is 1. The summed E-state index contributed by atoms with van der Waals surface area (Å²) in [5.41, 5.74) is 2.11. The van der Waals surface area contributed by atoms with E-state index in [9.17, 15) is 24.0 Å². The molecule has 1 unspecified atom stereocenters. The van der Waals surface area contributed by atoms with Gasteiger partial charge in [-0.05, 0) is 98.8 Å². The van der Waals surface area contributed by atoms with Crippen LogP contribution in [-0.2, 0) is 9.59 Å². The molecule has 0 radical (unpaired) electrons. The quantitative estimate of drug-likeness (QED) is 0.349. The van der Waals surface area contributed by atoms with Crippen molar-refractivity contribution in [2.45, 2.75) is 90.8 Å². The molecule has 2 aromatic rings. The molecule has 0 spiro atoms. The predicted molar refractivity (Wildman–Crippen MR) is 189 cm³/mol. The Morgan fingerprint density at radius 3 is 2.20 bits per heavy atom. The SMILES string of the molecule is CC1(C)CC(C)(C)C1NC(=O)c1ccc(C#CC2CCN(C3CCN(c4ccc5c(c4)C(=O)N(C4CCC(=O)NC4=O)C5=O)CC3)CC2)c(F)c1. The first kappa shape index (κ1) is 34.9. The Labute approximate surface area is 298 Å². The molecule has 0 aromatic heterocycles. The van der Waals surface area contributed by atoms with Gasteiger partial charge in [-0.2, -0.15) is 0 Å². The Morgan fingerprint density at radius 1 is 0.863 bits per heavy atom. The minimum atomic E-state index is -0.978. The van der Waals surface area contributed by atoms with Crippen molar-refractivity contribution >= 4 is 35.2 Å². The highest BCUT2D eigenvalue weighted by Crippen LogP contribution is 2.53. The van der Waals surface area contributed by atoms with E-state index in [4.69, 9.17) is 0 Å². The van der Waals surface area contributed by atoms with Gasteiger partial charge in [0.2, 0.25) is 11.8 Å². The van der Waals surface area contributed by atoms with Crippen LogP contribution in [0.15, 0.2) is 36.4 Å². The van der Waals surface area contributed by atoms with E-state index in [1.54, 1.807) is 24.3 Å². The lowest BCUT2D eigenvalue weighted by atomic mass is 9.52. The monoisotopic (exact) mass is 695 g/mol. The highest BCUT2D eigenvalue weighted by atomic mass is 19.1. The van der Waals surface area contributed by atoms with Gasteiger partial charge in [-0.25, -0.2) is 4.39 Å². The molecular formula is C40H46FN5O5. The number of nitrogens with zero attached hydrogens (tertiary/aromatic N) is 3. The van der Waals surface area contributed by atoms with Gasteiger partial charge in [0.05, 0.1) is 16.7 Å². The van der Waals surface area contributed by atoms with Crippen LogP contribution in [0, 0.1) is 34.4 Å². The molecule has 11 heteroatoms. The molecule has 7 rings (SSSR count). The number of hydrogen-bond acceptors (Lipinski definition) is 7. The third-order valence-corrected chi connectivity index (χ3v) is 11.7. The van der Waals surface area contributed by atoms with E-state index in [0.29, 0.717) is 22.7 Å². The van der Waals surface area contributed by atoms with Crippen molar-refractivity contribution in [2.75, 3.05) is 31.1 Å². The molecule has 0 bridgehead atoms. The van der Waals surface area contributed by atoms with Crippen molar-refractivity contribution in [1.82, 2.24) is 20.4 Å². The number of nitrogens with one attached hydrogen (secondary N) is 2. The molecule has 1 atom stereocenters. The first-order valence-electron chi connectivity index (χ1n) is 18.2. The van der Waals surface area contributed by atoms with E-state index in [1.807, 2.05) is 6.07 Å². The molecule has 5 aliphatic rings. The van der Waals surface area contributed by atoms with E-state index < -0.39 is 35.5 Å². The standard InChI is InChI=1S/C40H46FN5O5/c1-39(2)23-40(3,4)38(39)43-34(48)26-8-7-25(31(41)21-26)6-5-24-13-17-44(18-14-24)27-15-19-45(20-16-27)28-9-10-29-30(22-28)37(51)46(36(29)50)32-11-12-33(47)42-35(32)49/h7-10,21-22,24,27,32,38H,11-20,23H2,1-4H3,(H,43,48)(H,42,47,49). The normalized spacial score (nSPS) is 24.1. The van der Waals surface area contributed by atoms with E-state index >= 15 is 4.39 Å². The maximum Gasteiger partial charge on any atom is 0.262 e. The minimum Gasteiger partial charge on any atom is -0.371 e. The van der Waals surface area contributed by atoms with Gasteiger partial charge in [-0.15, -0.1) is 0 Å². The molecule has 51 heavy (non-hydrogen) atoms. The zero-order valence-electron chi connectivity index (χ0n) is 29.8. The van der Waals surface area contributed by atoms with Crippen molar-refractivity contribution in [1.29, 1.82) is 0 Å². The molecule has 1 aliphatic carbocycles. The van der Waals surface area contributed by atoms with Gasteiger partial charge in [-0.3, -0.25) is 34.2 Å². The Bertz CT molecular complexity index is 1850. The molecule has 4 aliphatic heterocycles. The number of halogens is 1. The highest BCUT2D eigenvalue weighted by molar-refractivity contribution is 6.23. The third-order valence-electron chi connectivity index (χ3n) is 11.7. The van der Waals surface area contributed by atoms with E-state index in [-0.39, 0.29) is 47.1 Å². The summed E-state index contributed by atoms with van der Waals surface area (Å²) < 4.78 is 15.0. The number of imide groups is 2. The molecule has 5 amide bonds. The van der Waals surface area contributed by atoms with Crippen LogP contribution in [0.25, 0.3) is 0 Å². The first-order valence-corrected chi connectivity index (χ1v) is 18.2. The van der Waals surface area contributed by atoms with E-state index in [1.165, 1.54) is 6.07 Å². The smallest absolute Gasteiger partial charge is 0.262 e. The summed E-state index contributed by atoms with van der Waals surface area (Å²) in [6.45, 7) is 12.0.